The van der Waals surface area contributed by atoms with Gasteiger partial charge in [0.05, 0.1) is 16.6 Å². The summed E-state index contributed by atoms with van der Waals surface area (Å²) in [5.41, 5.74) is 2.56. The molecule has 1 atom stereocenters. The number of carbonyl (C=O) groups is 2. The molecule has 1 N–H and O–H groups in total. The number of likely N-dealkylation sites (N-methyl/N-ethyl adjacent to an activating group) is 1. The van der Waals surface area contributed by atoms with Gasteiger partial charge in [0.25, 0.3) is 5.91 Å². The molecular weight excluding hydrogens is 416 g/mol. The Balaban J connectivity index is 1.40. The number of benzene rings is 2. The molecule has 0 aliphatic carbocycles. The van der Waals surface area contributed by atoms with Crippen molar-refractivity contribution in [3.63, 3.8) is 0 Å². The molecule has 0 bridgehead atoms. The second-order valence-electron chi connectivity index (χ2n) is 8.80. The third kappa shape index (κ3) is 4.17. The summed E-state index contributed by atoms with van der Waals surface area (Å²) in [6.07, 6.45) is 3.09. The van der Waals surface area contributed by atoms with Crippen LogP contribution in [-0.4, -0.2) is 77.1 Å². The summed E-state index contributed by atoms with van der Waals surface area (Å²) in [6, 6.07) is 15.1. The first-order chi connectivity index (χ1) is 16.0. The number of carbonyl (C=O) groups excluding carboxylic acids is 2. The Bertz CT molecular complexity index is 1310. The molecule has 4 aromatic rings. The lowest BCUT2D eigenvalue weighted by atomic mass is 10.1. The number of fused-ring (bicyclic) bond motifs is 2. The zero-order chi connectivity index (χ0) is 22.9. The Kier molecular flexibility index (Phi) is 5.74. The number of hydrogen-bond donors (Lipinski definition) is 1. The van der Waals surface area contributed by atoms with Crippen molar-refractivity contribution in [2.24, 2.45) is 0 Å². The molecule has 3 heterocycles. The van der Waals surface area contributed by atoms with Crippen molar-refractivity contribution >= 4 is 33.7 Å². The van der Waals surface area contributed by atoms with Crippen LogP contribution in [0.3, 0.4) is 0 Å². The minimum Gasteiger partial charge on any atom is -0.458 e. The molecule has 1 aliphatic heterocycles. The molecule has 0 amide bonds. The van der Waals surface area contributed by atoms with Crippen LogP contribution in [0.1, 0.15) is 27.6 Å². The lowest BCUT2D eigenvalue weighted by Gasteiger charge is -2.33. The van der Waals surface area contributed by atoms with Gasteiger partial charge in [0, 0.05) is 61.4 Å². The molecule has 0 spiro atoms. The number of aromatic nitrogens is 2. The van der Waals surface area contributed by atoms with Crippen LogP contribution in [-0.2, 0) is 4.74 Å². The van der Waals surface area contributed by atoms with Gasteiger partial charge in [-0.1, -0.05) is 36.4 Å². The van der Waals surface area contributed by atoms with Gasteiger partial charge in [0.15, 0.2) is 0 Å². The molecule has 0 radical (unpaired) electrons. The maximum atomic E-state index is 13.5. The van der Waals surface area contributed by atoms with E-state index in [4.69, 9.17) is 4.74 Å². The Hall–Kier alpha value is -3.42. The van der Waals surface area contributed by atoms with Gasteiger partial charge >= 0.3 is 5.97 Å². The number of aromatic amines is 1. The van der Waals surface area contributed by atoms with Crippen molar-refractivity contribution in [3.8, 4) is 0 Å². The summed E-state index contributed by atoms with van der Waals surface area (Å²) in [7, 11) is 2.12. The summed E-state index contributed by atoms with van der Waals surface area (Å²) >= 11 is 0. The smallest absolute Gasteiger partial charge is 0.340 e. The Morgan fingerprint density at radius 1 is 0.970 bits per heavy atom. The van der Waals surface area contributed by atoms with Crippen LogP contribution < -0.4 is 0 Å². The minimum absolute atomic E-state index is 0.187. The molecular formula is C26H28N4O3. The van der Waals surface area contributed by atoms with Crippen molar-refractivity contribution in [3.05, 3.63) is 72.1 Å². The molecule has 2 aromatic carbocycles. The molecule has 7 heteroatoms. The van der Waals surface area contributed by atoms with Crippen LogP contribution in [0.5, 0.6) is 0 Å². The third-order valence-electron chi connectivity index (χ3n) is 6.39. The molecule has 7 nitrogen and oxygen atoms in total. The SMILES string of the molecule is CC(CN1CCN(C)CC1)OC(=O)c1cn(C(=O)c2c[nH]c3ccccc23)c2ccccc12. The summed E-state index contributed by atoms with van der Waals surface area (Å²) < 4.78 is 7.35. The highest BCUT2D eigenvalue weighted by Gasteiger charge is 2.24. The summed E-state index contributed by atoms with van der Waals surface area (Å²) in [5.74, 6) is -0.591. The average Bonchev–Trinajstić information content (AvgIpc) is 3.42. The van der Waals surface area contributed by atoms with E-state index in [0.717, 1.165) is 37.1 Å². The quantitative estimate of drug-likeness (QED) is 0.476. The summed E-state index contributed by atoms with van der Waals surface area (Å²) in [5, 5.41) is 1.56. The fourth-order valence-corrected chi connectivity index (χ4v) is 4.57. The van der Waals surface area contributed by atoms with Gasteiger partial charge in [0.2, 0.25) is 0 Å². The lowest BCUT2D eigenvalue weighted by molar-refractivity contribution is 0.0209. The van der Waals surface area contributed by atoms with Crippen LogP contribution in [0.4, 0.5) is 0 Å². The van der Waals surface area contributed by atoms with E-state index in [1.165, 1.54) is 0 Å². The first-order valence-electron chi connectivity index (χ1n) is 11.3. The highest BCUT2D eigenvalue weighted by molar-refractivity contribution is 6.13. The second-order valence-corrected chi connectivity index (χ2v) is 8.80. The van der Waals surface area contributed by atoms with E-state index in [1.807, 2.05) is 55.5 Å². The van der Waals surface area contributed by atoms with Crippen molar-refractivity contribution in [2.45, 2.75) is 13.0 Å². The van der Waals surface area contributed by atoms with E-state index in [9.17, 15) is 9.59 Å². The number of rotatable bonds is 5. The predicted molar refractivity (Wildman–Crippen MR) is 129 cm³/mol. The number of H-pyrrole nitrogens is 1. The Morgan fingerprint density at radius 3 is 2.45 bits per heavy atom. The first kappa shape index (κ1) is 21.4. The van der Waals surface area contributed by atoms with Crippen LogP contribution in [0.25, 0.3) is 21.8 Å². The highest BCUT2D eigenvalue weighted by Crippen LogP contribution is 2.26. The van der Waals surface area contributed by atoms with Gasteiger partial charge in [-0.05, 0) is 26.1 Å². The van der Waals surface area contributed by atoms with Gasteiger partial charge in [-0.2, -0.15) is 0 Å². The zero-order valence-corrected chi connectivity index (χ0v) is 19.0. The molecule has 1 fully saturated rings. The molecule has 170 valence electrons. The van der Waals surface area contributed by atoms with Gasteiger partial charge < -0.3 is 14.6 Å². The van der Waals surface area contributed by atoms with Crippen LogP contribution >= 0.6 is 0 Å². The first-order valence-corrected chi connectivity index (χ1v) is 11.3. The van der Waals surface area contributed by atoms with Crippen molar-refractivity contribution in [1.29, 1.82) is 0 Å². The van der Waals surface area contributed by atoms with Gasteiger partial charge in [-0.3, -0.25) is 14.3 Å². The average molecular weight is 445 g/mol. The van der Waals surface area contributed by atoms with E-state index in [2.05, 4.69) is 21.8 Å². The van der Waals surface area contributed by atoms with Gasteiger partial charge in [0.1, 0.15) is 6.10 Å². The van der Waals surface area contributed by atoms with Crippen LogP contribution in [0, 0.1) is 0 Å². The van der Waals surface area contributed by atoms with Crippen molar-refractivity contribution in [1.82, 2.24) is 19.4 Å². The number of esters is 1. The Labute approximate surface area is 192 Å². The van der Waals surface area contributed by atoms with Crippen LogP contribution in [0.15, 0.2) is 60.9 Å². The number of hydrogen-bond acceptors (Lipinski definition) is 5. The molecule has 0 saturated carbocycles. The Morgan fingerprint density at radius 2 is 1.67 bits per heavy atom. The zero-order valence-electron chi connectivity index (χ0n) is 19.0. The van der Waals surface area contributed by atoms with E-state index < -0.39 is 5.97 Å². The molecule has 2 aromatic heterocycles. The highest BCUT2D eigenvalue weighted by atomic mass is 16.5. The minimum atomic E-state index is -0.404. The van der Waals surface area contributed by atoms with Gasteiger partial charge in [-0.15, -0.1) is 0 Å². The number of ether oxygens (including phenoxy) is 1. The topological polar surface area (TPSA) is 70.6 Å². The molecule has 1 saturated heterocycles. The number of para-hydroxylation sites is 2. The van der Waals surface area contributed by atoms with Crippen molar-refractivity contribution < 1.29 is 14.3 Å². The molecule has 33 heavy (non-hydrogen) atoms. The van der Waals surface area contributed by atoms with Gasteiger partial charge in [-0.25, -0.2) is 4.79 Å². The van der Waals surface area contributed by atoms with E-state index >= 15 is 0 Å². The predicted octanol–water partition coefficient (Wildman–Crippen LogP) is 3.60. The van der Waals surface area contributed by atoms with E-state index in [1.54, 1.807) is 17.0 Å². The third-order valence-corrected chi connectivity index (χ3v) is 6.39. The largest absolute Gasteiger partial charge is 0.458 e. The maximum Gasteiger partial charge on any atom is 0.340 e. The molecule has 5 rings (SSSR count). The van der Waals surface area contributed by atoms with Crippen LogP contribution in [0.2, 0.25) is 0 Å². The summed E-state index contributed by atoms with van der Waals surface area (Å²) in [4.78, 5) is 34.4. The molecule has 1 unspecified atom stereocenters. The fourth-order valence-electron chi connectivity index (χ4n) is 4.57. The standard InChI is InChI=1S/C26H28N4O3/c1-18(16-29-13-11-28(2)12-14-29)33-26(32)22-17-30(24-10-6-4-8-20(22)24)25(31)21-15-27-23-9-5-3-7-19(21)23/h3-10,15,17-18,27H,11-14,16H2,1-2H3. The monoisotopic (exact) mass is 444 g/mol. The number of nitrogens with one attached hydrogen (secondary N) is 1. The molecule has 1 aliphatic rings. The summed E-state index contributed by atoms with van der Waals surface area (Å²) in [6.45, 7) is 6.60. The van der Waals surface area contributed by atoms with E-state index in [0.29, 0.717) is 28.6 Å². The normalized spacial score (nSPS) is 16.3. The fraction of sp³-hybridized carbons (Fsp3) is 0.308. The number of nitrogens with zero attached hydrogens (tertiary/aromatic N) is 3. The lowest BCUT2D eigenvalue weighted by Crippen LogP contribution is -2.47. The van der Waals surface area contributed by atoms with Crippen molar-refractivity contribution in [2.75, 3.05) is 39.8 Å². The number of piperazine rings is 1. The second kappa shape index (κ2) is 8.84. The van der Waals surface area contributed by atoms with E-state index in [-0.39, 0.29) is 12.0 Å². The maximum absolute atomic E-state index is 13.5.